The standard InChI is InChI=1S/C23H26N2O2S/c1-14-5-6-15(2)19(13-14)22(26)25-11-9-18(10-12-25)27-23-24-20-16(3)7-8-17(4)21(20)28-23/h5-8,13,18H,9-12H2,1-4H3. The highest BCUT2D eigenvalue weighted by atomic mass is 32.1. The molecule has 1 fully saturated rings. The highest BCUT2D eigenvalue weighted by molar-refractivity contribution is 7.20. The second kappa shape index (κ2) is 7.55. The van der Waals surface area contributed by atoms with Crippen molar-refractivity contribution in [3.05, 3.63) is 58.1 Å². The number of piperidine rings is 1. The SMILES string of the molecule is Cc1ccc(C)c(C(=O)N2CCC(Oc3nc4c(C)ccc(C)c4s3)CC2)c1. The van der Waals surface area contributed by atoms with Gasteiger partial charge >= 0.3 is 0 Å². The molecule has 1 amide bonds. The third kappa shape index (κ3) is 3.63. The van der Waals surface area contributed by atoms with Gasteiger partial charge in [0.15, 0.2) is 0 Å². The number of fused-ring (bicyclic) bond motifs is 1. The van der Waals surface area contributed by atoms with Gasteiger partial charge in [-0.05, 0) is 50.5 Å². The maximum atomic E-state index is 12.9. The van der Waals surface area contributed by atoms with Crippen molar-refractivity contribution in [3.8, 4) is 5.19 Å². The number of aromatic nitrogens is 1. The van der Waals surface area contributed by atoms with Crippen LogP contribution >= 0.6 is 11.3 Å². The number of ether oxygens (including phenoxy) is 1. The molecule has 4 rings (SSSR count). The first-order valence-electron chi connectivity index (χ1n) is 9.82. The van der Waals surface area contributed by atoms with Crippen LogP contribution in [0.4, 0.5) is 0 Å². The highest BCUT2D eigenvalue weighted by Crippen LogP contribution is 2.33. The van der Waals surface area contributed by atoms with E-state index in [0.717, 1.165) is 53.3 Å². The van der Waals surface area contributed by atoms with E-state index in [1.54, 1.807) is 11.3 Å². The van der Waals surface area contributed by atoms with Crippen LogP contribution in [0.3, 0.4) is 0 Å². The molecule has 1 aliphatic heterocycles. The number of rotatable bonds is 3. The highest BCUT2D eigenvalue weighted by Gasteiger charge is 2.26. The van der Waals surface area contributed by atoms with Gasteiger partial charge < -0.3 is 9.64 Å². The minimum absolute atomic E-state index is 0.115. The van der Waals surface area contributed by atoms with Gasteiger partial charge in [-0.15, -0.1) is 0 Å². The third-order valence-corrected chi connectivity index (χ3v) is 6.62. The summed E-state index contributed by atoms with van der Waals surface area (Å²) in [5, 5.41) is 0.742. The Hall–Kier alpha value is -2.40. The Balaban J connectivity index is 1.42. The second-order valence-corrected chi connectivity index (χ2v) is 8.75. The number of benzene rings is 2. The minimum Gasteiger partial charge on any atom is -0.467 e. The van der Waals surface area contributed by atoms with Gasteiger partial charge in [-0.2, -0.15) is 0 Å². The molecular formula is C23H26N2O2S. The smallest absolute Gasteiger partial charge is 0.274 e. The summed E-state index contributed by atoms with van der Waals surface area (Å²) in [6.07, 6.45) is 1.79. The molecule has 28 heavy (non-hydrogen) atoms. The number of hydrogen-bond donors (Lipinski definition) is 0. The first-order chi connectivity index (χ1) is 13.4. The van der Waals surface area contributed by atoms with E-state index in [4.69, 9.17) is 9.72 Å². The van der Waals surface area contributed by atoms with Crippen molar-refractivity contribution in [2.24, 2.45) is 0 Å². The molecule has 146 valence electrons. The van der Waals surface area contributed by atoms with Crippen molar-refractivity contribution in [2.45, 2.75) is 46.6 Å². The van der Waals surface area contributed by atoms with Crippen LogP contribution < -0.4 is 4.74 Å². The molecule has 2 heterocycles. The van der Waals surface area contributed by atoms with Crippen LogP contribution in [0.25, 0.3) is 10.2 Å². The summed E-state index contributed by atoms with van der Waals surface area (Å²) in [6, 6.07) is 10.3. The normalized spacial score (nSPS) is 15.2. The zero-order valence-electron chi connectivity index (χ0n) is 16.9. The first-order valence-corrected chi connectivity index (χ1v) is 10.6. The zero-order valence-corrected chi connectivity index (χ0v) is 17.7. The monoisotopic (exact) mass is 394 g/mol. The van der Waals surface area contributed by atoms with Crippen LogP contribution in [-0.2, 0) is 0 Å². The Morgan fingerprint density at radius 1 is 1.04 bits per heavy atom. The van der Waals surface area contributed by atoms with E-state index >= 15 is 0 Å². The van der Waals surface area contributed by atoms with Crippen LogP contribution in [0.15, 0.2) is 30.3 Å². The summed E-state index contributed by atoms with van der Waals surface area (Å²) < 4.78 is 7.40. The maximum absolute atomic E-state index is 12.9. The summed E-state index contributed by atoms with van der Waals surface area (Å²) in [6.45, 7) is 9.67. The fraction of sp³-hybridized carbons (Fsp3) is 0.391. The van der Waals surface area contributed by atoms with Crippen molar-refractivity contribution >= 4 is 27.5 Å². The van der Waals surface area contributed by atoms with Crippen LogP contribution in [0.1, 0.15) is 45.5 Å². The van der Waals surface area contributed by atoms with Crippen molar-refractivity contribution < 1.29 is 9.53 Å². The molecule has 4 nitrogen and oxygen atoms in total. The van der Waals surface area contributed by atoms with Crippen molar-refractivity contribution in [3.63, 3.8) is 0 Å². The summed E-state index contributed by atoms with van der Waals surface area (Å²) in [5.41, 5.74) is 6.43. The molecule has 0 N–H and O–H groups in total. The third-order valence-electron chi connectivity index (χ3n) is 5.54. The first kappa shape index (κ1) is 18.9. The molecule has 0 aliphatic carbocycles. The minimum atomic E-state index is 0.115. The number of nitrogens with zero attached hydrogens (tertiary/aromatic N) is 2. The van der Waals surface area contributed by atoms with E-state index < -0.39 is 0 Å². The fourth-order valence-electron chi connectivity index (χ4n) is 3.75. The van der Waals surface area contributed by atoms with Gasteiger partial charge in [0.1, 0.15) is 6.10 Å². The predicted octanol–water partition coefficient (Wildman–Crippen LogP) is 5.21. The lowest BCUT2D eigenvalue weighted by Crippen LogP contribution is -2.42. The number of aryl methyl sites for hydroxylation is 4. The summed E-state index contributed by atoms with van der Waals surface area (Å²) >= 11 is 1.63. The lowest BCUT2D eigenvalue weighted by molar-refractivity contribution is 0.0595. The van der Waals surface area contributed by atoms with Gasteiger partial charge in [0, 0.05) is 31.5 Å². The van der Waals surface area contributed by atoms with Gasteiger partial charge in [0.2, 0.25) is 0 Å². The van der Waals surface area contributed by atoms with Crippen molar-refractivity contribution in [1.29, 1.82) is 0 Å². The second-order valence-electron chi connectivity index (χ2n) is 7.78. The van der Waals surface area contributed by atoms with Gasteiger partial charge in [-0.25, -0.2) is 4.98 Å². The van der Waals surface area contributed by atoms with E-state index in [0.29, 0.717) is 0 Å². The molecule has 0 atom stereocenters. The fourth-order valence-corrected chi connectivity index (χ4v) is 4.77. The molecule has 0 spiro atoms. The lowest BCUT2D eigenvalue weighted by atomic mass is 10.0. The Labute approximate surface area is 170 Å². The summed E-state index contributed by atoms with van der Waals surface area (Å²) in [5.74, 6) is 0.130. The van der Waals surface area contributed by atoms with Crippen LogP contribution in [-0.4, -0.2) is 35.0 Å². The quantitative estimate of drug-likeness (QED) is 0.612. The van der Waals surface area contributed by atoms with Gasteiger partial charge in [-0.1, -0.05) is 41.2 Å². The molecule has 5 heteroatoms. The van der Waals surface area contributed by atoms with E-state index in [1.807, 2.05) is 36.9 Å². The van der Waals surface area contributed by atoms with Gasteiger partial charge in [0.25, 0.3) is 11.1 Å². The molecule has 1 aromatic heterocycles. The van der Waals surface area contributed by atoms with E-state index in [-0.39, 0.29) is 12.0 Å². The van der Waals surface area contributed by atoms with Crippen LogP contribution in [0.2, 0.25) is 0 Å². The lowest BCUT2D eigenvalue weighted by Gasteiger charge is -2.32. The molecule has 0 saturated carbocycles. The Morgan fingerprint density at radius 3 is 2.43 bits per heavy atom. The van der Waals surface area contributed by atoms with Gasteiger partial charge in [-0.3, -0.25) is 4.79 Å². The molecule has 0 radical (unpaired) electrons. The van der Waals surface area contributed by atoms with Crippen LogP contribution in [0.5, 0.6) is 5.19 Å². The molecule has 1 saturated heterocycles. The molecule has 2 aromatic carbocycles. The van der Waals surface area contributed by atoms with E-state index in [2.05, 4.69) is 26.0 Å². The Bertz CT molecular complexity index is 994. The zero-order chi connectivity index (χ0) is 19.8. The molecule has 0 unspecified atom stereocenters. The Morgan fingerprint density at radius 2 is 1.71 bits per heavy atom. The maximum Gasteiger partial charge on any atom is 0.274 e. The van der Waals surface area contributed by atoms with Crippen molar-refractivity contribution in [2.75, 3.05) is 13.1 Å². The van der Waals surface area contributed by atoms with E-state index in [9.17, 15) is 4.79 Å². The molecule has 1 aliphatic rings. The number of carbonyl (C=O) groups is 1. The average molecular weight is 395 g/mol. The van der Waals surface area contributed by atoms with E-state index in [1.165, 1.54) is 15.8 Å². The number of thiazole rings is 1. The Kier molecular flexibility index (Phi) is 5.11. The molecule has 3 aromatic rings. The topological polar surface area (TPSA) is 42.4 Å². The number of likely N-dealkylation sites (tertiary alicyclic amines) is 1. The van der Waals surface area contributed by atoms with Crippen molar-refractivity contribution in [1.82, 2.24) is 9.88 Å². The predicted molar refractivity (Wildman–Crippen MR) is 115 cm³/mol. The number of hydrogen-bond acceptors (Lipinski definition) is 4. The van der Waals surface area contributed by atoms with Gasteiger partial charge in [0.05, 0.1) is 10.2 Å². The molecule has 0 bridgehead atoms. The summed E-state index contributed by atoms with van der Waals surface area (Å²) in [7, 11) is 0. The largest absolute Gasteiger partial charge is 0.467 e. The number of carbonyl (C=O) groups excluding carboxylic acids is 1. The number of amides is 1. The average Bonchev–Trinajstić information content (AvgIpc) is 3.12. The molecular weight excluding hydrogens is 368 g/mol. The summed E-state index contributed by atoms with van der Waals surface area (Å²) in [4.78, 5) is 19.6. The van der Waals surface area contributed by atoms with Crippen LogP contribution in [0, 0.1) is 27.7 Å².